The number of carbonyl (C=O) groups is 2. The summed E-state index contributed by atoms with van der Waals surface area (Å²) in [6, 6.07) is 8.91. The lowest BCUT2D eigenvalue weighted by molar-refractivity contribution is -0.144. The molecule has 2 aliphatic heterocycles. The van der Waals surface area contributed by atoms with Gasteiger partial charge >= 0.3 is 12.1 Å². The van der Waals surface area contributed by atoms with E-state index in [1.54, 1.807) is 30.0 Å². The lowest BCUT2D eigenvalue weighted by Crippen LogP contribution is -2.49. The van der Waals surface area contributed by atoms with Gasteiger partial charge in [-0.2, -0.15) is 13.2 Å². The van der Waals surface area contributed by atoms with Crippen LogP contribution in [0, 0.1) is 18.6 Å². The van der Waals surface area contributed by atoms with E-state index in [9.17, 15) is 31.9 Å². The average Bonchev–Trinajstić information content (AvgIpc) is 3.94. The Morgan fingerprint density at radius 1 is 1.00 bits per heavy atom. The Hall–Kier alpha value is -5.11. The molecule has 4 aromatic rings. The highest BCUT2D eigenvalue weighted by Gasteiger charge is 2.38. The normalized spacial score (nSPS) is 19.0. The van der Waals surface area contributed by atoms with Crippen LogP contribution in [0.1, 0.15) is 77.6 Å². The van der Waals surface area contributed by atoms with Gasteiger partial charge in [0.1, 0.15) is 35.3 Å². The van der Waals surface area contributed by atoms with E-state index in [1.165, 1.54) is 18.2 Å². The lowest BCUT2D eigenvalue weighted by Gasteiger charge is -2.34. The van der Waals surface area contributed by atoms with Crippen LogP contribution in [0.15, 0.2) is 65.6 Å². The van der Waals surface area contributed by atoms with Crippen molar-refractivity contribution in [3.05, 3.63) is 116 Å². The van der Waals surface area contributed by atoms with E-state index in [1.807, 2.05) is 13.0 Å². The fourth-order valence-electron chi connectivity index (χ4n) is 7.30. The summed E-state index contributed by atoms with van der Waals surface area (Å²) in [7, 11) is 0. The second-order valence-corrected chi connectivity index (χ2v) is 14.0. The molecule has 0 radical (unpaired) electrons. The fraction of sp³-hybridized carbons (Fsp3) is 0.375. The van der Waals surface area contributed by atoms with E-state index in [2.05, 4.69) is 5.32 Å². The number of rotatable bonds is 8. The highest BCUT2D eigenvalue weighted by molar-refractivity contribution is 5.85. The quantitative estimate of drug-likeness (QED) is 0.147. The van der Waals surface area contributed by atoms with Crippen LogP contribution >= 0.6 is 0 Å². The molecule has 1 saturated heterocycles. The molecular formula is C40H37F6N3O5. The third-order valence-corrected chi connectivity index (χ3v) is 10.1. The summed E-state index contributed by atoms with van der Waals surface area (Å²) < 4.78 is 101. The molecule has 1 N–H and O–H groups in total. The number of halogens is 6. The van der Waals surface area contributed by atoms with Gasteiger partial charge in [-0.15, -0.1) is 0 Å². The fourth-order valence-corrected chi connectivity index (χ4v) is 7.30. The van der Waals surface area contributed by atoms with E-state index in [4.69, 9.17) is 9.47 Å². The van der Waals surface area contributed by atoms with Gasteiger partial charge in [-0.05, 0) is 97.7 Å². The molecule has 2 fully saturated rings. The van der Waals surface area contributed by atoms with Gasteiger partial charge in [0.05, 0.1) is 24.6 Å². The van der Waals surface area contributed by atoms with E-state index in [0.29, 0.717) is 45.9 Å². The molecule has 4 bridgehead atoms. The number of fused-ring (bicyclic) bond motifs is 6. The summed E-state index contributed by atoms with van der Waals surface area (Å²) in [4.78, 5) is 42.9. The number of hydrogen-bond donors (Lipinski definition) is 1. The van der Waals surface area contributed by atoms with Gasteiger partial charge < -0.3 is 14.8 Å². The molecule has 284 valence electrons. The number of nitrogens with one attached hydrogen (secondary N) is 1. The minimum atomic E-state index is -4.96. The van der Waals surface area contributed by atoms with E-state index >= 15 is 8.78 Å². The number of carbonyl (C=O) groups excluding carboxylic acids is 2. The minimum Gasteiger partial charge on any atom is -0.466 e. The topological polar surface area (TPSA) is 89.9 Å². The van der Waals surface area contributed by atoms with Gasteiger partial charge in [0.25, 0.3) is 5.56 Å². The van der Waals surface area contributed by atoms with Gasteiger partial charge in [-0.1, -0.05) is 12.1 Å². The second-order valence-electron chi connectivity index (χ2n) is 14.0. The zero-order valence-corrected chi connectivity index (χ0v) is 29.4. The monoisotopic (exact) mass is 753 g/mol. The molecule has 1 saturated carbocycles. The number of nitrogens with zero attached hydrogens (tertiary/aromatic N) is 2. The van der Waals surface area contributed by atoms with Crippen molar-refractivity contribution in [2.24, 2.45) is 0 Å². The predicted molar refractivity (Wildman–Crippen MR) is 186 cm³/mol. The largest absolute Gasteiger partial charge is 0.466 e. The summed E-state index contributed by atoms with van der Waals surface area (Å²) in [5, 5.41) is 2.65. The van der Waals surface area contributed by atoms with Crippen LogP contribution in [0.4, 0.5) is 26.3 Å². The van der Waals surface area contributed by atoms with Crippen LogP contribution in [0.2, 0.25) is 0 Å². The maximum atomic E-state index is 16.6. The first kappa shape index (κ1) is 37.2. The van der Waals surface area contributed by atoms with Gasteiger partial charge in [-0.3, -0.25) is 23.9 Å². The Kier molecular flexibility index (Phi) is 10.1. The number of likely N-dealkylation sites (tertiary alicyclic amines) is 1. The molecule has 1 amide bonds. The molecule has 3 aromatic carbocycles. The predicted octanol–water partition coefficient (Wildman–Crippen LogP) is 7.70. The summed E-state index contributed by atoms with van der Waals surface area (Å²) in [5.74, 6) is -3.33. The number of benzene rings is 3. The van der Waals surface area contributed by atoms with Gasteiger partial charge in [0.15, 0.2) is 0 Å². The number of aryl methyl sites for hydroxylation is 1. The molecule has 7 rings (SSSR count). The number of pyridine rings is 1. The Morgan fingerprint density at radius 3 is 2.43 bits per heavy atom. The summed E-state index contributed by atoms with van der Waals surface area (Å²) >= 11 is 0. The molecule has 3 heterocycles. The zero-order valence-electron chi connectivity index (χ0n) is 29.4. The van der Waals surface area contributed by atoms with Crippen LogP contribution in [0.3, 0.4) is 0 Å². The number of ether oxygens (including phenoxy) is 2. The standard InChI is InChI=1S/C40H37F6N3O5/c1-3-53-35(51)17-32-29-14-24(13-27(37(29)43)22-7-8-22)36-21(2)5-4-6-33(36)54-26-9-10-31(42)28(15-26)38(39(52)47-32)49-18-23(11-12-48-19-25(41)20-48)30(16-34(49)50)40(44,45)46/h4-6,9-10,13-16,18,22,25,32,38H,3,7-8,11-12,17,19-20H2,1-2H3,(H,47,52)/t32-,38+/m0/s1. The van der Waals surface area contributed by atoms with E-state index in [-0.39, 0.29) is 55.5 Å². The molecule has 1 aliphatic carbocycles. The smallest absolute Gasteiger partial charge is 0.416 e. The van der Waals surface area contributed by atoms with Gasteiger partial charge in [0.2, 0.25) is 5.91 Å². The first-order valence-corrected chi connectivity index (χ1v) is 17.8. The first-order chi connectivity index (χ1) is 25.7. The van der Waals surface area contributed by atoms with Crippen LogP contribution in [0.5, 0.6) is 11.5 Å². The van der Waals surface area contributed by atoms with Crippen LogP contribution in [0.25, 0.3) is 11.1 Å². The molecule has 14 heteroatoms. The Morgan fingerprint density at radius 2 is 1.74 bits per heavy atom. The lowest BCUT2D eigenvalue weighted by atomic mass is 9.90. The molecule has 3 aliphatic rings. The van der Waals surface area contributed by atoms with Crippen LogP contribution in [-0.4, -0.2) is 53.8 Å². The molecule has 0 spiro atoms. The third kappa shape index (κ3) is 7.48. The minimum absolute atomic E-state index is 0.0208. The number of hydrogen-bond acceptors (Lipinski definition) is 6. The molecule has 0 unspecified atom stereocenters. The molecule has 2 atom stereocenters. The molecule has 1 aromatic heterocycles. The van der Waals surface area contributed by atoms with Crippen molar-refractivity contribution < 1.29 is 45.4 Å². The summed E-state index contributed by atoms with van der Waals surface area (Å²) in [6.45, 7) is 3.48. The maximum absolute atomic E-state index is 16.6. The molecular weight excluding hydrogens is 716 g/mol. The van der Waals surface area contributed by atoms with Crippen molar-refractivity contribution in [1.29, 1.82) is 0 Å². The number of esters is 1. The van der Waals surface area contributed by atoms with E-state index in [0.717, 1.165) is 17.8 Å². The zero-order chi connectivity index (χ0) is 38.5. The van der Waals surface area contributed by atoms with Crippen LogP contribution in [-0.2, 0) is 26.9 Å². The highest BCUT2D eigenvalue weighted by Crippen LogP contribution is 2.47. The Balaban J connectivity index is 1.44. The third-order valence-electron chi connectivity index (χ3n) is 10.1. The SMILES string of the molecule is CCOC(=O)C[C@@H]1NC(=O)[C@H](n2cc(CCN3CC(F)C3)c(C(F)(F)F)cc2=O)c2cc(ccc2F)Oc2cccc(C)c2-c2cc(C3CC3)c(F)c1c2. The van der Waals surface area contributed by atoms with Crippen LogP contribution < -0.4 is 15.6 Å². The van der Waals surface area contributed by atoms with Crippen molar-refractivity contribution in [1.82, 2.24) is 14.8 Å². The molecule has 8 nitrogen and oxygen atoms in total. The van der Waals surface area contributed by atoms with Gasteiger partial charge in [-0.25, -0.2) is 13.2 Å². The second kappa shape index (κ2) is 14.6. The van der Waals surface area contributed by atoms with Crippen molar-refractivity contribution in [3.63, 3.8) is 0 Å². The Labute approximate surface area is 306 Å². The summed E-state index contributed by atoms with van der Waals surface area (Å²) in [6.07, 6.45) is -4.62. The van der Waals surface area contributed by atoms with Crippen molar-refractivity contribution in [3.8, 4) is 22.6 Å². The Bertz CT molecular complexity index is 2180. The first-order valence-electron chi connectivity index (χ1n) is 17.8. The van der Waals surface area contributed by atoms with Crippen molar-refractivity contribution in [2.45, 2.75) is 69.9 Å². The van der Waals surface area contributed by atoms with Gasteiger partial charge in [0, 0.05) is 48.6 Å². The van der Waals surface area contributed by atoms with Crippen molar-refractivity contribution in [2.75, 3.05) is 26.2 Å². The molecule has 54 heavy (non-hydrogen) atoms. The highest BCUT2D eigenvalue weighted by atomic mass is 19.4. The van der Waals surface area contributed by atoms with E-state index < -0.39 is 71.0 Å². The summed E-state index contributed by atoms with van der Waals surface area (Å²) in [5.41, 5.74) is -1.19. The number of amides is 1. The number of aromatic nitrogens is 1. The van der Waals surface area contributed by atoms with Crippen molar-refractivity contribution >= 4 is 11.9 Å². The average molecular weight is 754 g/mol. The maximum Gasteiger partial charge on any atom is 0.416 e. The number of alkyl halides is 4.